The maximum atomic E-state index is 11.8. The van der Waals surface area contributed by atoms with Gasteiger partial charge in [-0.1, -0.05) is 0 Å². The van der Waals surface area contributed by atoms with Crippen molar-refractivity contribution in [3.05, 3.63) is 46.4 Å². The van der Waals surface area contributed by atoms with Gasteiger partial charge in [-0.25, -0.2) is 0 Å². The van der Waals surface area contributed by atoms with Crippen molar-refractivity contribution in [2.45, 2.75) is 18.9 Å². The Morgan fingerprint density at radius 2 is 2.17 bits per heavy atom. The third-order valence-electron chi connectivity index (χ3n) is 2.85. The van der Waals surface area contributed by atoms with Crippen LogP contribution in [0.15, 0.2) is 39.7 Å². The molecule has 0 atom stereocenters. The summed E-state index contributed by atoms with van der Waals surface area (Å²) in [6.45, 7) is 0. The molecule has 1 aliphatic rings. The third kappa shape index (κ3) is 2.07. The standard InChI is InChI=1S/C13H12N2O3/c16-12(14-8-3-4-8)9-5-6-10(15-13(9)17)11-2-1-7-18-11/h1-2,5-8H,3-4H2,(H,14,16)(H,15,17). The van der Waals surface area contributed by atoms with Gasteiger partial charge in [0.1, 0.15) is 11.3 Å². The molecule has 2 N–H and O–H groups in total. The van der Waals surface area contributed by atoms with Crippen molar-refractivity contribution in [2.24, 2.45) is 0 Å². The summed E-state index contributed by atoms with van der Waals surface area (Å²) < 4.78 is 5.18. The Kier molecular flexibility index (Phi) is 2.51. The number of pyridine rings is 1. The van der Waals surface area contributed by atoms with E-state index in [0.29, 0.717) is 11.5 Å². The highest BCUT2D eigenvalue weighted by molar-refractivity contribution is 5.94. The smallest absolute Gasteiger partial charge is 0.261 e. The molecule has 0 radical (unpaired) electrons. The fourth-order valence-corrected chi connectivity index (χ4v) is 1.72. The largest absolute Gasteiger partial charge is 0.463 e. The third-order valence-corrected chi connectivity index (χ3v) is 2.85. The quantitative estimate of drug-likeness (QED) is 0.859. The molecule has 18 heavy (non-hydrogen) atoms. The summed E-state index contributed by atoms with van der Waals surface area (Å²) in [4.78, 5) is 26.2. The summed E-state index contributed by atoms with van der Waals surface area (Å²) in [6.07, 6.45) is 3.52. The van der Waals surface area contributed by atoms with E-state index in [9.17, 15) is 9.59 Å². The second-order valence-corrected chi connectivity index (χ2v) is 4.34. The lowest BCUT2D eigenvalue weighted by molar-refractivity contribution is 0.0949. The molecule has 1 aliphatic carbocycles. The van der Waals surface area contributed by atoms with Crippen LogP contribution in [0.2, 0.25) is 0 Å². The zero-order chi connectivity index (χ0) is 12.5. The molecule has 0 unspecified atom stereocenters. The number of nitrogens with one attached hydrogen (secondary N) is 2. The van der Waals surface area contributed by atoms with Gasteiger partial charge in [0, 0.05) is 6.04 Å². The van der Waals surface area contributed by atoms with E-state index in [1.165, 1.54) is 12.3 Å². The van der Waals surface area contributed by atoms with Crippen LogP contribution in [0.4, 0.5) is 0 Å². The summed E-state index contributed by atoms with van der Waals surface area (Å²) in [7, 11) is 0. The van der Waals surface area contributed by atoms with Crippen molar-refractivity contribution < 1.29 is 9.21 Å². The number of carbonyl (C=O) groups excluding carboxylic acids is 1. The van der Waals surface area contributed by atoms with E-state index in [-0.39, 0.29) is 17.5 Å². The molecule has 0 saturated heterocycles. The monoisotopic (exact) mass is 244 g/mol. The van der Waals surface area contributed by atoms with Crippen LogP contribution in [0, 0.1) is 0 Å². The maximum absolute atomic E-state index is 11.8. The van der Waals surface area contributed by atoms with E-state index in [1.807, 2.05) is 0 Å². The molecular formula is C13H12N2O3. The number of aromatic nitrogens is 1. The Bertz CT molecular complexity index is 624. The first-order chi connectivity index (χ1) is 8.74. The summed E-state index contributed by atoms with van der Waals surface area (Å²) >= 11 is 0. The minimum absolute atomic E-state index is 0.136. The fraction of sp³-hybridized carbons (Fsp3) is 0.231. The number of aromatic amines is 1. The number of amides is 1. The van der Waals surface area contributed by atoms with Gasteiger partial charge in [0.05, 0.1) is 12.0 Å². The first-order valence-electron chi connectivity index (χ1n) is 5.82. The molecule has 3 rings (SSSR count). The van der Waals surface area contributed by atoms with Crippen LogP contribution < -0.4 is 10.9 Å². The highest BCUT2D eigenvalue weighted by atomic mass is 16.3. The molecule has 2 aromatic heterocycles. The van der Waals surface area contributed by atoms with E-state index >= 15 is 0 Å². The van der Waals surface area contributed by atoms with E-state index in [0.717, 1.165) is 12.8 Å². The van der Waals surface area contributed by atoms with Crippen LogP contribution in [0.3, 0.4) is 0 Å². The minimum atomic E-state index is -0.401. The van der Waals surface area contributed by atoms with E-state index in [1.54, 1.807) is 18.2 Å². The fourth-order valence-electron chi connectivity index (χ4n) is 1.72. The highest BCUT2D eigenvalue weighted by Crippen LogP contribution is 2.19. The summed E-state index contributed by atoms with van der Waals surface area (Å²) in [5, 5.41) is 2.78. The average molecular weight is 244 g/mol. The first-order valence-corrected chi connectivity index (χ1v) is 5.82. The molecular weight excluding hydrogens is 232 g/mol. The molecule has 5 nitrogen and oxygen atoms in total. The summed E-state index contributed by atoms with van der Waals surface area (Å²) in [5.74, 6) is 0.256. The van der Waals surface area contributed by atoms with Crippen LogP contribution in [0.5, 0.6) is 0 Å². The SMILES string of the molecule is O=C(NC1CC1)c1ccc(-c2ccco2)[nH]c1=O. The number of rotatable bonds is 3. The second-order valence-electron chi connectivity index (χ2n) is 4.34. The van der Waals surface area contributed by atoms with E-state index < -0.39 is 5.56 Å². The Balaban J connectivity index is 1.89. The average Bonchev–Trinajstić information content (AvgIpc) is 3.00. The van der Waals surface area contributed by atoms with Crippen molar-refractivity contribution in [1.29, 1.82) is 0 Å². The van der Waals surface area contributed by atoms with Gasteiger partial charge in [0.15, 0.2) is 0 Å². The van der Waals surface area contributed by atoms with Crippen LogP contribution in [0.1, 0.15) is 23.2 Å². The van der Waals surface area contributed by atoms with Gasteiger partial charge in [0.2, 0.25) is 0 Å². The molecule has 0 bridgehead atoms. The number of H-pyrrole nitrogens is 1. The van der Waals surface area contributed by atoms with Crippen LogP contribution >= 0.6 is 0 Å². The predicted octanol–water partition coefficient (Wildman–Crippen LogP) is 1.53. The first kappa shape index (κ1) is 10.8. The molecule has 1 amide bonds. The van der Waals surface area contributed by atoms with Crippen LogP contribution in [0.25, 0.3) is 11.5 Å². The number of hydrogen-bond acceptors (Lipinski definition) is 3. The van der Waals surface area contributed by atoms with Crippen molar-refractivity contribution in [1.82, 2.24) is 10.3 Å². The molecule has 1 saturated carbocycles. The minimum Gasteiger partial charge on any atom is -0.463 e. The lowest BCUT2D eigenvalue weighted by atomic mass is 10.2. The second kappa shape index (κ2) is 4.18. The van der Waals surface area contributed by atoms with Gasteiger partial charge in [-0.3, -0.25) is 9.59 Å². The van der Waals surface area contributed by atoms with Gasteiger partial charge < -0.3 is 14.7 Å². The molecule has 0 spiro atoms. The molecule has 0 aromatic carbocycles. The van der Waals surface area contributed by atoms with Gasteiger partial charge in [-0.15, -0.1) is 0 Å². The normalized spacial score (nSPS) is 14.4. The zero-order valence-corrected chi connectivity index (χ0v) is 9.60. The lowest BCUT2D eigenvalue weighted by Crippen LogP contribution is -2.31. The number of carbonyl (C=O) groups is 1. The highest BCUT2D eigenvalue weighted by Gasteiger charge is 2.24. The Hall–Kier alpha value is -2.30. The topological polar surface area (TPSA) is 75.1 Å². The molecule has 2 heterocycles. The van der Waals surface area contributed by atoms with Gasteiger partial charge >= 0.3 is 0 Å². The van der Waals surface area contributed by atoms with Crippen molar-refractivity contribution in [3.63, 3.8) is 0 Å². The Morgan fingerprint density at radius 1 is 1.33 bits per heavy atom. The Morgan fingerprint density at radius 3 is 2.78 bits per heavy atom. The molecule has 1 fully saturated rings. The number of hydrogen-bond donors (Lipinski definition) is 2. The van der Waals surface area contributed by atoms with E-state index in [2.05, 4.69) is 10.3 Å². The Labute approximate surface area is 103 Å². The molecule has 2 aromatic rings. The van der Waals surface area contributed by atoms with Crippen LogP contribution in [-0.4, -0.2) is 16.9 Å². The van der Waals surface area contributed by atoms with E-state index in [4.69, 9.17) is 4.42 Å². The van der Waals surface area contributed by atoms with Crippen LogP contribution in [-0.2, 0) is 0 Å². The van der Waals surface area contributed by atoms with Crippen molar-refractivity contribution >= 4 is 5.91 Å². The van der Waals surface area contributed by atoms with Gasteiger partial charge in [-0.05, 0) is 37.1 Å². The zero-order valence-electron chi connectivity index (χ0n) is 9.60. The van der Waals surface area contributed by atoms with Crippen molar-refractivity contribution in [2.75, 3.05) is 0 Å². The molecule has 92 valence electrons. The van der Waals surface area contributed by atoms with Crippen molar-refractivity contribution in [3.8, 4) is 11.5 Å². The number of furan rings is 1. The molecule has 0 aliphatic heterocycles. The maximum Gasteiger partial charge on any atom is 0.261 e. The lowest BCUT2D eigenvalue weighted by Gasteiger charge is -2.03. The summed E-state index contributed by atoms with van der Waals surface area (Å²) in [6, 6.07) is 6.91. The van der Waals surface area contributed by atoms with Gasteiger partial charge in [0.25, 0.3) is 11.5 Å². The predicted molar refractivity (Wildman–Crippen MR) is 65.3 cm³/mol. The summed E-state index contributed by atoms with van der Waals surface area (Å²) in [5.41, 5.74) is 0.298. The van der Waals surface area contributed by atoms with Gasteiger partial charge in [-0.2, -0.15) is 0 Å². The molecule has 5 heteroatoms.